The van der Waals surface area contributed by atoms with E-state index in [4.69, 9.17) is 14.2 Å². The van der Waals surface area contributed by atoms with Gasteiger partial charge in [-0.05, 0) is 30.3 Å². The number of esters is 1. The maximum atomic E-state index is 12.4. The van der Waals surface area contributed by atoms with Gasteiger partial charge in [0.2, 0.25) is 0 Å². The van der Waals surface area contributed by atoms with Crippen molar-refractivity contribution in [3.05, 3.63) is 70.6 Å². The summed E-state index contributed by atoms with van der Waals surface area (Å²) in [6.45, 7) is 0.0977. The zero-order valence-corrected chi connectivity index (χ0v) is 15.4. The van der Waals surface area contributed by atoms with Crippen LogP contribution in [0.15, 0.2) is 54.6 Å². The predicted molar refractivity (Wildman–Crippen MR) is 102 cm³/mol. The van der Waals surface area contributed by atoms with Crippen LogP contribution in [0.25, 0.3) is 10.4 Å². The molecule has 0 radical (unpaired) electrons. The first-order valence-corrected chi connectivity index (χ1v) is 9.16. The van der Waals surface area contributed by atoms with Crippen LogP contribution in [0.3, 0.4) is 0 Å². The molecule has 0 aliphatic carbocycles. The molecule has 1 aromatic heterocycles. The quantitative estimate of drug-likeness (QED) is 0.486. The van der Waals surface area contributed by atoms with E-state index in [1.54, 1.807) is 30.3 Å². The fourth-order valence-corrected chi connectivity index (χ4v) is 3.97. The average molecular weight is 380 g/mol. The van der Waals surface area contributed by atoms with Crippen LogP contribution in [-0.2, 0) is 11.3 Å². The highest BCUT2D eigenvalue weighted by Crippen LogP contribution is 2.42. The number of fused-ring (bicyclic) bond motifs is 3. The maximum absolute atomic E-state index is 12.4. The highest BCUT2D eigenvalue weighted by molar-refractivity contribution is 7.17. The van der Waals surface area contributed by atoms with Crippen LogP contribution < -0.4 is 9.47 Å². The van der Waals surface area contributed by atoms with E-state index in [9.17, 15) is 9.59 Å². The Labute approximate surface area is 160 Å². The summed E-state index contributed by atoms with van der Waals surface area (Å²) in [5.74, 6) is 0.595. The van der Waals surface area contributed by atoms with E-state index < -0.39 is 5.97 Å². The smallest absolute Gasteiger partial charge is 0.348 e. The highest BCUT2D eigenvalue weighted by Gasteiger charge is 2.23. The molecule has 0 atom stereocenters. The summed E-state index contributed by atoms with van der Waals surface area (Å²) in [7, 11) is 1.53. The lowest BCUT2D eigenvalue weighted by molar-refractivity contribution is 0.0479. The predicted octanol–water partition coefficient (Wildman–Crippen LogP) is 4.36. The molecule has 136 valence electrons. The highest BCUT2D eigenvalue weighted by atomic mass is 32.1. The van der Waals surface area contributed by atoms with Gasteiger partial charge in [-0.25, -0.2) is 4.79 Å². The molecule has 0 fully saturated rings. The number of rotatable bonds is 5. The molecule has 1 aliphatic rings. The summed E-state index contributed by atoms with van der Waals surface area (Å²) in [6.07, 6.45) is 0. The van der Waals surface area contributed by atoms with Gasteiger partial charge in [0, 0.05) is 21.6 Å². The normalized spacial score (nSPS) is 11.7. The lowest BCUT2D eigenvalue weighted by Gasteiger charge is -2.16. The first kappa shape index (κ1) is 17.3. The average Bonchev–Trinajstić information content (AvgIpc) is 3.17. The van der Waals surface area contributed by atoms with Crippen LogP contribution in [0.1, 0.15) is 25.6 Å². The van der Waals surface area contributed by atoms with Crippen LogP contribution >= 0.6 is 11.3 Å². The molecule has 2 aromatic carbocycles. The molecule has 27 heavy (non-hydrogen) atoms. The molecular weight excluding hydrogens is 364 g/mol. The number of ketones is 1. The lowest BCUT2D eigenvalue weighted by Crippen LogP contribution is -2.13. The van der Waals surface area contributed by atoms with Crippen LogP contribution in [0, 0.1) is 0 Å². The fraction of sp³-hybridized carbons (Fsp3) is 0.143. The van der Waals surface area contributed by atoms with Crippen LogP contribution in [0.4, 0.5) is 0 Å². The molecule has 0 saturated heterocycles. The van der Waals surface area contributed by atoms with Gasteiger partial charge in [0.15, 0.2) is 12.4 Å². The van der Waals surface area contributed by atoms with Crippen molar-refractivity contribution in [1.82, 2.24) is 0 Å². The third-order valence-corrected chi connectivity index (χ3v) is 5.44. The molecule has 0 saturated carbocycles. The van der Waals surface area contributed by atoms with Crippen LogP contribution in [-0.4, -0.2) is 25.5 Å². The van der Waals surface area contributed by atoms with Crippen molar-refractivity contribution in [2.45, 2.75) is 6.61 Å². The lowest BCUT2D eigenvalue weighted by atomic mass is 10.1. The van der Waals surface area contributed by atoms with E-state index in [1.807, 2.05) is 24.3 Å². The Kier molecular flexibility index (Phi) is 4.64. The molecule has 2 heterocycles. The number of hydrogen-bond donors (Lipinski definition) is 0. The molecule has 0 unspecified atom stereocenters. The van der Waals surface area contributed by atoms with Gasteiger partial charge < -0.3 is 14.2 Å². The molecule has 4 rings (SSSR count). The fourth-order valence-electron chi connectivity index (χ4n) is 2.88. The van der Waals surface area contributed by atoms with E-state index in [-0.39, 0.29) is 12.4 Å². The summed E-state index contributed by atoms with van der Waals surface area (Å²) < 4.78 is 16.0. The van der Waals surface area contributed by atoms with Crippen molar-refractivity contribution in [2.75, 3.05) is 13.7 Å². The van der Waals surface area contributed by atoms with Crippen molar-refractivity contribution in [3.63, 3.8) is 0 Å². The van der Waals surface area contributed by atoms with Crippen molar-refractivity contribution < 1.29 is 23.8 Å². The number of hydrogen-bond acceptors (Lipinski definition) is 6. The zero-order chi connectivity index (χ0) is 18.8. The van der Waals surface area contributed by atoms with E-state index in [2.05, 4.69) is 0 Å². The van der Waals surface area contributed by atoms with Crippen molar-refractivity contribution in [3.8, 4) is 21.9 Å². The van der Waals surface area contributed by atoms with E-state index in [1.165, 1.54) is 18.4 Å². The maximum Gasteiger partial charge on any atom is 0.348 e. The minimum atomic E-state index is -0.511. The van der Waals surface area contributed by atoms with Gasteiger partial charge in [0.1, 0.15) is 23.0 Å². The molecule has 0 bridgehead atoms. The van der Waals surface area contributed by atoms with Crippen molar-refractivity contribution in [1.29, 1.82) is 0 Å². The third-order valence-electron chi connectivity index (χ3n) is 4.25. The van der Waals surface area contributed by atoms with Gasteiger partial charge >= 0.3 is 5.97 Å². The molecule has 0 amide bonds. The number of thiophene rings is 1. The van der Waals surface area contributed by atoms with Crippen molar-refractivity contribution in [2.24, 2.45) is 0 Å². The minimum Gasteiger partial charge on any atom is -0.497 e. The molecule has 1 aliphatic heterocycles. The van der Waals surface area contributed by atoms with Gasteiger partial charge in [-0.2, -0.15) is 0 Å². The van der Waals surface area contributed by atoms with Crippen molar-refractivity contribution >= 4 is 23.1 Å². The first-order valence-electron chi connectivity index (χ1n) is 8.35. The number of ether oxygens (including phenoxy) is 3. The summed E-state index contributed by atoms with van der Waals surface area (Å²) in [5.41, 5.74) is 2.36. The second kappa shape index (κ2) is 7.25. The first-order chi connectivity index (χ1) is 13.2. The Bertz CT molecular complexity index is 1020. The van der Waals surface area contributed by atoms with Gasteiger partial charge in [0.25, 0.3) is 0 Å². The molecular formula is C21H16O5S. The Hall–Kier alpha value is -3.12. The Morgan fingerprint density at radius 3 is 2.81 bits per heavy atom. The SMILES string of the molecule is COc1cccc(C(=O)COC(=O)c2cc3c(s2)-c2ccccc2OC3)c1. The summed E-state index contributed by atoms with van der Waals surface area (Å²) in [6, 6.07) is 16.2. The number of para-hydroxylation sites is 1. The van der Waals surface area contributed by atoms with Gasteiger partial charge in [-0.1, -0.05) is 24.3 Å². The Morgan fingerprint density at radius 1 is 1.11 bits per heavy atom. The molecule has 6 heteroatoms. The van der Waals surface area contributed by atoms with Gasteiger partial charge in [-0.3, -0.25) is 4.79 Å². The molecule has 3 aromatic rings. The number of carbonyl (C=O) groups excluding carboxylic acids is 2. The Balaban J connectivity index is 1.47. The van der Waals surface area contributed by atoms with E-state index in [0.29, 0.717) is 22.8 Å². The summed E-state index contributed by atoms with van der Waals surface area (Å²) in [4.78, 5) is 26.1. The summed E-state index contributed by atoms with van der Waals surface area (Å²) in [5, 5.41) is 0. The minimum absolute atomic E-state index is 0.280. The van der Waals surface area contributed by atoms with Gasteiger partial charge in [0.05, 0.1) is 7.11 Å². The molecule has 0 spiro atoms. The topological polar surface area (TPSA) is 61.8 Å². The van der Waals surface area contributed by atoms with Gasteiger partial charge in [-0.15, -0.1) is 11.3 Å². The Morgan fingerprint density at radius 2 is 1.96 bits per heavy atom. The largest absolute Gasteiger partial charge is 0.497 e. The number of methoxy groups -OCH3 is 1. The number of Topliss-reactive ketones (excluding diaryl/α,β-unsaturated/α-hetero) is 1. The van der Waals surface area contributed by atoms with E-state index >= 15 is 0 Å². The standard InChI is InChI=1S/C21H16O5S/c1-24-15-6-4-5-13(9-15)17(22)12-26-21(23)19-10-14-11-25-18-8-3-2-7-16(18)20(14)27-19/h2-10H,11-12H2,1H3. The molecule has 0 N–H and O–H groups in total. The second-order valence-corrected chi connectivity index (χ2v) is 7.03. The monoisotopic (exact) mass is 380 g/mol. The number of carbonyl (C=O) groups is 2. The number of benzene rings is 2. The van der Waals surface area contributed by atoms with E-state index in [0.717, 1.165) is 21.8 Å². The zero-order valence-electron chi connectivity index (χ0n) is 14.6. The third kappa shape index (κ3) is 3.44. The summed E-state index contributed by atoms with van der Waals surface area (Å²) >= 11 is 1.35. The van der Waals surface area contributed by atoms with Crippen LogP contribution in [0.5, 0.6) is 11.5 Å². The van der Waals surface area contributed by atoms with Crippen LogP contribution in [0.2, 0.25) is 0 Å². The second-order valence-electron chi connectivity index (χ2n) is 5.98. The molecule has 5 nitrogen and oxygen atoms in total.